The molecule has 0 saturated heterocycles. The molecule has 65 valence electrons. The highest BCUT2D eigenvalue weighted by Crippen LogP contribution is 2.18. The van der Waals surface area contributed by atoms with Crippen LogP contribution in [0.3, 0.4) is 0 Å². The molecule has 0 bridgehead atoms. The van der Waals surface area contributed by atoms with Crippen molar-refractivity contribution in [1.29, 1.82) is 0 Å². The summed E-state index contributed by atoms with van der Waals surface area (Å²) < 4.78 is 5.27. The van der Waals surface area contributed by atoms with Gasteiger partial charge in [0.2, 0.25) is 0 Å². The Hall–Kier alpha value is -1.77. The van der Waals surface area contributed by atoms with Crippen LogP contribution in [0.5, 0.6) is 0 Å². The highest BCUT2D eigenvalue weighted by molar-refractivity contribution is 5.96. The molecule has 2 rings (SSSR count). The SMILES string of the molecule is [CH2]NC(=O)c1cc2ccccc2o1. The van der Waals surface area contributed by atoms with Crippen LogP contribution in [-0.4, -0.2) is 5.91 Å². The van der Waals surface area contributed by atoms with Gasteiger partial charge in [-0.15, -0.1) is 0 Å². The Morgan fingerprint density at radius 1 is 1.38 bits per heavy atom. The average Bonchev–Trinajstić information content (AvgIpc) is 2.59. The van der Waals surface area contributed by atoms with Crippen LogP contribution in [0.2, 0.25) is 0 Å². The van der Waals surface area contributed by atoms with Gasteiger partial charge in [-0.3, -0.25) is 4.79 Å². The topological polar surface area (TPSA) is 42.2 Å². The molecule has 0 aliphatic heterocycles. The quantitative estimate of drug-likeness (QED) is 0.718. The van der Waals surface area contributed by atoms with Crippen molar-refractivity contribution in [3.05, 3.63) is 43.1 Å². The molecular weight excluding hydrogens is 166 g/mol. The minimum atomic E-state index is -0.309. The van der Waals surface area contributed by atoms with Gasteiger partial charge in [-0.1, -0.05) is 18.2 Å². The van der Waals surface area contributed by atoms with Crippen molar-refractivity contribution in [2.24, 2.45) is 0 Å². The van der Waals surface area contributed by atoms with Gasteiger partial charge in [0.1, 0.15) is 5.58 Å². The molecule has 1 amide bonds. The van der Waals surface area contributed by atoms with E-state index in [-0.39, 0.29) is 11.7 Å². The lowest BCUT2D eigenvalue weighted by Crippen LogP contribution is -2.14. The summed E-state index contributed by atoms with van der Waals surface area (Å²) in [6.07, 6.45) is 0. The number of fused-ring (bicyclic) bond motifs is 1. The van der Waals surface area contributed by atoms with E-state index in [4.69, 9.17) is 4.42 Å². The van der Waals surface area contributed by atoms with Gasteiger partial charge in [0, 0.05) is 12.4 Å². The number of carbonyl (C=O) groups excluding carboxylic acids is 1. The molecule has 1 N–H and O–H groups in total. The van der Waals surface area contributed by atoms with Gasteiger partial charge in [-0.05, 0) is 12.1 Å². The highest BCUT2D eigenvalue weighted by atomic mass is 16.3. The molecule has 2 aromatic rings. The number of rotatable bonds is 1. The Bertz CT molecular complexity index is 412. The normalized spacial score (nSPS) is 10.2. The van der Waals surface area contributed by atoms with Crippen molar-refractivity contribution in [2.45, 2.75) is 0 Å². The summed E-state index contributed by atoms with van der Waals surface area (Å²) in [4.78, 5) is 11.1. The van der Waals surface area contributed by atoms with Gasteiger partial charge in [0.15, 0.2) is 5.76 Å². The fourth-order valence-electron chi connectivity index (χ4n) is 1.18. The van der Waals surface area contributed by atoms with E-state index < -0.39 is 0 Å². The lowest BCUT2D eigenvalue weighted by Gasteiger charge is -1.90. The van der Waals surface area contributed by atoms with Crippen LogP contribution >= 0.6 is 0 Å². The number of hydrogen-bond acceptors (Lipinski definition) is 2. The predicted octanol–water partition coefficient (Wildman–Crippen LogP) is 1.95. The van der Waals surface area contributed by atoms with Crippen LogP contribution in [0, 0.1) is 7.05 Å². The molecule has 13 heavy (non-hydrogen) atoms. The zero-order valence-electron chi connectivity index (χ0n) is 6.91. The fourth-order valence-corrected chi connectivity index (χ4v) is 1.18. The fraction of sp³-hybridized carbons (Fsp3) is 0. The predicted molar refractivity (Wildman–Crippen MR) is 49.0 cm³/mol. The minimum absolute atomic E-state index is 0.288. The summed E-state index contributed by atoms with van der Waals surface area (Å²) in [5, 5.41) is 3.18. The van der Waals surface area contributed by atoms with E-state index in [1.165, 1.54) is 0 Å². The van der Waals surface area contributed by atoms with Crippen LogP contribution in [0.1, 0.15) is 10.6 Å². The molecule has 0 aliphatic carbocycles. The van der Waals surface area contributed by atoms with Gasteiger partial charge >= 0.3 is 0 Å². The van der Waals surface area contributed by atoms with E-state index in [9.17, 15) is 4.79 Å². The molecule has 0 aliphatic rings. The van der Waals surface area contributed by atoms with Crippen LogP contribution in [0.25, 0.3) is 11.0 Å². The van der Waals surface area contributed by atoms with E-state index in [0.717, 1.165) is 5.39 Å². The zero-order chi connectivity index (χ0) is 9.26. The maximum atomic E-state index is 11.1. The van der Waals surface area contributed by atoms with Crippen molar-refractivity contribution in [2.75, 3.05) is 0 Å². The van der Waals surface area contributed by atoms with Crippen molar-refractivity contribution in [3.63, 3.8) is 0 Å². The number of para-hydroxylation sites is 1. The summed E-state index contributed by atoms with van der Waals surface area (Å²) >= 11 is 0. The molecule has 1 heterocycles. The van der Waals surface area contributed by atoms with E-state index in [1.807, 2.05) is 24.3 Å². The summed E-state index contributed by atoms with van der Waals surface area (Å²) in [6, 6.07) is 9.14. The van der Waals surface area contributed by atoms with Gasteiger partial charge < -0.3 is 9.73 Å². The molecule has 0 spiro atoms. The molecule has 3 heteroatoms. The summed E-state index contributed by atoms with van der Waals surface area (Å²) in [6.45, 7) is 0. The summed E-state index contributed by atoms with van der Waals surface area (Å²) in [5.41, 5.74) is 0.709. The highest BCUT2D eigenvalue weighted by Gasteiger charge is 2.08. The third-order valence-electron chi connectivity index (χ3n) is 1.81. The number of nitrogens with one attached hydrogen (secondary N) is 1. The number of amides is 1. The third-order valence-corrected chi connectivity index (χ3v) is 1.81. The molecule has 0 fully saturated rings. The van der Waals surface area contributed by atoms with Crippen LogP contribution in [0.15, 0.2) is 34.7 Å². The Balaban J connectivity index is 2.56. The Morgan fingerprint density at radius 2 is 2.15 bits per heavy atom. The second-order valence-electron chi connectivity index (χ2n) is 2.65. The van der Waals surface area contributed by atoms with Gasteiger partial charge in [-0.2, -0.15) is 0 Å². The molecule has 0 atom stereocenters. The summed E-state index contributed by atoms with van der Waals surface area (Å²) in [7, 11) is 3.27. The number of hydrogen-bond donors (Lipinski definition) is 1. The number of benzene rings is 1. The molecular formula is C10H8NO2. The van der Waals surface area contributed by atoms with Gasteiger partial charge in [0.05, 0.1) is 0 Å². The standard InChI is InChI=1S/C10H8NO2/c1-11-10(12)9-6-7-4-2-3-5-8(7)13-9/h2-6H,1H2,(H,11,12). The molecule has 1 aromatic carbocycles. The first-order valence-corrected chi connectivity index (χ1v) is 3.87. The largest absolute Gasteiger partial charge is 0.451 e. The molecule has 1 radical (unpaired) electrons. The maximum Gasteiger partial charge on any atom is 0.287 e. The third kappa shape index (κ3) is 1.28. The van der Waals surface area contributed by atoms with E-state index in [2.05, 4.69) is 12.4 Å². The van der Waals surface area contributed by atoms with E-state index in [0.29, 0.717) is 5.58 Å². The lowest BCUT2D eigenvalue weighted by atomic mass is 10.2. The van der Waals surface area contributed by atoms with Crippen molar-refractivity contribution >= 4 is 16.9 Å². The summed E-state index contributed by atoms with van der Waals surface area (Å²) in [5.74, 6) is -0.0209. The van der Waals surface area contributed by atoms with Crippen LogP contribution in [-0.2, 0) is 0 Å². The Morgan fingerprint density at radius 3 is 2.85 bits per heavy atom. The average molecular weight is 174 g/mol. The number of furan rings is 1. The first kappa shape index (κ1) is 7.86. The van der Waals surface area contributed by atoms with E-state index >= 15 is 0 Å². The van der Waals surface area contributed by atoms with Crippen molar-refractivity contribution in [1.82, 2.24) is 5.32 Å². The second-order valence-corrected chi connectivity index (χ2v) is 2.65. The van der Waals surface area contributed by atoms with Crippen molar-refractivity contribution in [3.8, 4) is 0 Å². The van der Waals surface area contributed by atoms with Gasteiger partial charge in [0.25, 0.3) is 5.91 Å². The second kappa shape index (κ2) is 2.94. The molecule has 3 nitrogen and oxygen atoms in total. The molecule has 0 saturated carbocycles. The number of carbonyl (C=O) groups is 1. The molecule has 1 aromatic heterocycles. The molecule has 0 unspecified atom stereocenters. The van der Waals surface area contributed by atoms with Gasteiger partial charge in [-0.25, -0.2) is 0 Å². The van der Waals surface area contributed by atoms with E-state index in [1.54, 1.807) is 6.07 Å². The van der Waals surface area contributed by atoms with Crippen molar-refractivity contribution < 1.29 is 9.21 Å². The minimum Gasteiger partial charge on any atom is -0.451 e. The smallest absolute Gasteiger partial charge is 0.287 e. The monoisotopic (exact) mass is 174 g/mol. The van der Waals surface area contributed by atoms with Crippen LogP contribution in [0.4, 0.5) is 0 Å². The maximum absolute atomic E-state index is 11.1. The Kier molecular flexibility index (Phi) is 1.77. The van der Waals surface area contributed by atoms with Crippen LogP contribution < -0.4 is 5.32 Å². The Labute approximate surface area is 75.3 Å². The zero-order valence-corrected chi connectivity index (χ0v) is 6.91. The first-order chi connectivity index (χ1) is 6.31. The lowest BCUT2D eigenvalue weighted by molar-refractivity contribution is 0.0944. The first-order valence-electron chi connectivity index (χ1n) is 3.87.